The van der Waals surface area contributed by atoms with E-state index in [4.69, 9.17) is 11.6 Å². The molecule has 3 aliphatic rings. The second kappa shape index (κ2) is 14.7. The van der Waals surface area contributed by atoms with Crippen LogP contribution in [0.4, 0.5) is 34.1 Å². The molecule has 3 aliphatic carbocycles. The maximum Gasteiger partial charge on any atom is 0.0725 e. The number of benzene rings is 9. The van der Waals surface area contributed by atoms with Gasteiger partial charge in [-0.25, -0.2) is 0 Å². The minimum atomic E-state index is -0.410. The van der Waals surface area contributed by atoms with Crippen LogP contribution in [0.25, 0.3) is 33.4 Å². The molecule has 0 saturated carbocycles. The van der Waals surface area contributed by atoms with E-state index in [1.165, 1.54) is 72.4 Å². The topological polar surface area (TPSA) is 6.48 Å². The third-order valence-electron chi connectivity index (χ3n) is 14.6. The molecule has 0 radical (unpaired) electrons. The van der Waals surface area contributed by atoms with Gasteiger partial charge in [0.2, 0.25) is 0 Å². The molecular formula is C61H47ClN2. The van der Waals surface area contributed by atoms with Gasteiger partial charge >= 0.3 is 0 Å². The first-order valence-electron chi connectivity index (χ1n) is 22.7. The molecule has 0 aromatic heterocycles. The molecule has 0 aliphatic heterocycles. The quantitative estimate of drug-likeness (QED) is 0.150. The Kier molecular flexibility index (Phi) is 8.87. The van der Waals surface area contributed by atoms with Gasteiger partial charge in [-0.2, -0.15) is 0 Å². The normalized spacial score (nSPS) is 14.0. The largest absolute Gasteiger partial charge is 0.310 e. The summed E-state index contributed by atoms with van der Waals surface area (Å²) >= 11 is 6.96. The molecule has 0 atom stereocenters. The smallest absolute Gasteiger partial charge is 0.0725 e. The Labute approximate surface area is 381 Å². The van der Waals surface area contributed by atoms with Gasteiger partial charge < -0.3 is 9.80 Å². The maximum absolute atomic E-state index is 6.96. The molecule has 0 saturated heterocycles. The SMILES string of the molecule is CCC1(CC)c2ccccc2-c2c(N(c3ccccc3)c3cccc(N(c4cc(C)cc(Cl)c4)c4ccc5c(c4)-c4ccccc4C54c5ccccc5-c5ccccc54)c3)cccc21. The van der Waals surface area contributed by atoms with Crippen LogP contribution < -0.4 is 9.80 Å². The van der Waals surface area contributed by atoms with Gasteiger partial charge in [-0.15, -0.1) is 0 Å². The minimum absolute atomic E-state index is 0.0409. The van der Waals surface area contributed by atoms with Crippen molar-refractivity contribution in [1.29, 1.82) is 0 Å². The van der Waals surface area contributed by atoms with E-state index in [1.54, 1.807) is 0 Å². The van der Waals surface area contributed by atoms with E-state index in [9.17, 15) is 0 Å². The van der Waals surface area contributed by atoms with Gasteiger partial charge in [0.15, 0.2) is 0 Å². The zero-order chi connectivity index (χ0) is 43.2. The van der Waals surface area contributed by atoms with Gasteiger partial charge in [0.25, 0.3) is 0 Å². The number of rotatable bonds is 8. The molecule has 0 N–H and O–H groups in total. The summed E-state index contributed by atoms with van der Waals surface area (Å²) in [6.07, 6.45) is 2.08. The van der Waals surface area contributed by atoms with Crippen molar-refractivity contribution in [3.63, 3.8) is 0 Å². The first-order chi connectivity index (χ1) is 31.5. The Bertz CT molecular complexity index is 3240. The van der Waals surface area contributed by atoms with E-state index in [0.29, 0.717) is 5.02 Å². The summed E-state index contributed by atoms with van der Waals surface area (Å²) < 4.78 is 0. The van der Waals surface area contributed by atoms with E-state index in [-0.39, 0.29) is 5.41 Å². The van der Waals surface area contributed by atoms with Crippen molar-refractivity contribution in [1.82, 2.24) is 0 Å². The molecule has 308 valence electrons. The van der Waals surface area contributed by atoms with E-state index in [2.05, 4.69) is 231 Å². The van der Waals surface area contributed by atoms with Crippen LogP contribution in [-0.4, -0.2) is 0 Å². The average Bonchev–Trinajstić information content (AvgIpc) is 3.92. The van der Waals surface area contributed by atoms with Crippen LogP contribution in [0, 0.1) is 6.92 Å². The van der Waals surface area contributed by atoms with E-state index >= 15 is 0 Å². The monoisotopic (exact) mass is 842 g/mol. The maximum atomic E-state index is 6.96. The standard InChI is InChI=1S/C61H47ClN2/c1-4-60(5-2)52-27-13-12-26-50(52)59-57(60)31-18-32-58(59)64(42-19-7-6-8-20-42)44-22-17-21-43(38-44)63(46-36-40(3)35-41(62)37-46)45-33-34-56-51(39-45)49-25-11-16-30-55(49)61(56)53-28-14-9-23-47(53)48-24-10-15-29-54(48)61/h6-39H,4-5H2,1-3H3. The fourth-order valence-electron chi connectivity index (χ4n) is 12.0. The molecular weight excluding hydrogens is 796 g/mol. The van der Waals surface area contributed by atoms with Crippen LogP contribution in [-0.2, 0) is 10.8 Å². The van der Waals surface area contributed by atoms with E-state index in [0.717, 1.165) is 46.8 Å². The Morgan fingerprint density at radius 3 is 1.52 bits per heavy atom. The highest BCUT2D eigenvalue weighted by atomic mass is 35.5. The Balaban J connectivity index is 1.07. The first kappa shape index (κ1) is 38.5. The molecule has 0 heterocycles. The summed E-state index contributed by atoms with van der Waals surface area (Å²) in [6, 6.07) is 76.4. The van der Waals surface area contributed by atoms with Gasteiger partial charge in [0.05, 0.1) is 11.1 Å². The molecule has 2 nitrogen and oxygen atoms in total. The van der Waals surface area contributed by atoms with Crippen molar-refractivity contribution in [3.05, 3.63) is 250 Å². The van der Waals surface area contributed by atoms with Crippen LogP contribution in [0.15, 0.2) is 206 Å². The highest BCUT2D eigenvalue weighted by Crippen LogP contribution is 2.63. The summed E-state index contributed by atoms with van der Waals surface area (Å²) in [4.78, 5) is 4.85. The number of hydrogen-bond donors (Lipinski definition) is 0. The highest BCUT2D eigenvalue weighted by Gasteiger charge is 2.51. The van der Waals surface area contributed by atoms with Crippen LogP contribution in [0.5, 0.6) is 0 Å². The van der Waals surface area contributed by atoms with Crippen molar-refractivity contribution >= 4 is 45.7 Å². The average molecular weight is 844 g/mol. The number of para-hydroxylation sites is 1. The number of anilines is 6. The van der Waals surface area contributed by atoms with Gasteiger partial charge in [0, 0.05) is 44.4 Å². The molecule has 0 unspecified atom stereocenters. The molecule has 64 heavy (non-hydrogen) atoms. The van der Waals surface area contributed by atoms with Crippen molar-refractivity contribution in [3.8, 4) is 33.4 Å². The summed E-state index contributed by atoms with van der Waals surface area (Å²) in [5.41, 5.74) is 23.1. The fraction of sp³-hybridized carbons (Fsp3) is 0.115. The molecule has 3 heteroatoms. The van der Waals surface area contributed by atoms with Gasteiger partial charge in [-0.3, -0.25) is 0 Å². The molecule has 9 aromatic carbocycles. The first-order valence-corrected chi connectivity index (χ1v) is 23.0. The predicted molar refractivity (Wildman–Crippen MR) is 269 cm³/mol. The molecule has 1 spiro atoms. The zero-order valence-electron chi connectivity index (χ0n) is 36.3. The lowest BCUT2D eigenvalue weighted by atomic mass is 9.70. The van der Waals surface area contributed by atoms with E-state index < -0.39 is 5.41 Å². The summed E-state index contributed by atoms with van der Waals surface area (Å²) in [5.74, 6) is 0. The second-order valence-electron chi connectivity index (χ2n) is 17.7. The van der Waals surface area contributed by atoms with E-state index in [1.807, 2.05) is 6.07 Å². The predicted octanol–water partition coefficient (Wildman–Crippen LogP) is 17.0. The van der Waals surface area contributed by atoms with Crippen molar-refractivity contribution in [2.75, 3.05) is 9.80 Å². The number of fused-ring (bicyclic) bond motifs is 13. The third kappa shape index (κ3) is 5.39. The molecule has 12 rings (SSSR count). The van der Waals surface area contributed by atoms with Crippen molar-refractivity contribution in [2.45, 2.75) is 44.4 Å². The minimum Gasteiger partial charge on any atom is -0.310 e. The molecule has 0 amide bonds. The van der Waals surface area contributed by atoms with Crippen LogP contribution in [0.1, 0.15) is 65.6 Å². The fourth-order valence-corrected chi connectivity index (χ4v) is 12.3. The second-order valence-corrected chi connectivity index (χ2v) is 18.1. The van der Waals surface area contributed by atoms with Gasteiger partial charge in [-0.1, -0.05) is 165 Å². The molecule has 0 bridgehead atoms. The third-order valence-corrected chi connectivity index (χ3v) is 14.8. The zero-order valence-corrected chi connectivity index (χ0v) is 37.1. The van der Waals surface area contributed by atoms with Gasteiger partial charge in [-0.05, 0) is 153 Å². The summed E-state index contributed by atoms with van der Waals surface area (Å²) in [6.45, 7) is 6.81. The lowest BCUT2D eigenvalue weighted by Crippen LogP contribution is -2.25. The Hall–Kier alpha value is -7.13. The Morgan fingerprint density at radius 1 is 0.375 bits per heavy atom. The number of hydrogen-bond acceptors (Lipinski definition) is 2. The van der Waals surface area contributed by atoms with Crippen LogP contribution in [0.2, 0.25) is 5.02 Å². The lowest BCUT2D eigenvalue weighted by molar-refractivity contribution is 0.490. The number of aryl methyl sites for hydroxylation is 1. The van der Waals surface area contributed by atoms with Crippen LogP contribution in [0.3, 0.4) is 0 Å². The summed E-state index contributed by atoms with van der Waals surface area (Å²) in [5, 5.41) is 0.709. The number of halogens is 1. The van der Waals surface area contributed by atoms with Crippen LogP contribution >= 0.6 is 11.6 Å². The summed E-state index contributed by atoms with van der Waals surface area (Å²) in [7, 11) is 0. The molecule has 0 fully saturated rings. The van der Waals surface area contributed by atoms with Crippen molar-refractivity contribution in [2.24, 2.45) is 0 Å². The number of nitrogens with zero attached hydrogens (tertiary/aromatic N) is 2. The van der Waals surface area contributed by atoms with Gasteiger partial charge in [0.1, 0.15) is 0 Å². The lowest BCUT2D eigenvalue weighted by Gasteiger charge is -2.32. The molecule has 9 aromatic rings. The Morgan fingerprint density at radius 2 is 0.875 bits per heavy atom. The highest BCUT2D eigenvalue weighted by molar-refractivity contribution is 6.31. The van der Waals surface area contributed by atoms with Crippen molar-refractivity contribution < 1.29 is 0 Å².